The van der Waals surface area contributed by atoms with Gasteiger partial charge in [-0.1, -0.05) is 0 Å². The van der Waals surface area contributed by atoms with Gasteiger partial charge in [0.25, 0.3) is 0 Å². The molecule has 2 atom stereocenters. The van der Waals surface area contributed by atoms with Crippen LogP contribution in [0.25, 0.3) is 0 Å². The first-order chi connectivity index (χ1) is 7.76. The third-order valence-corrected chi connectivity index (χ3v) is 5.20. The van der Waals surface area contributed by atoms with Gasteiger partial charge in [-0.3, -0.25) is 0 Å². The van der Waals surface area contributed by atoms with Gasteiger partial charge in [-0.05, 0) is 39.8 Å². The quantitative estimate of drug-likeness (QED) is 0.682. The number of aliphatic hydroxyl groups is 1. The number of hydrogen-bond acceptors (Lipinski definition) is 5. The normalized spacial score (nSPS) is 27.2. The molecule has 1 aliphatic rings. The molecule has 1 heterocycles. The Morgan fingerprint density at radius 3 is 2.65 bits per heavy atom. The molecule has 1 aliphatic heterocycles. The zero-order valence-electron chi connectivity index (χ0n) is 10.7. The van der Waals surface area contributed by atoms with Crippen LogP contribution < -0.4 is 5.73 Å². The molecule has 0 aromatic rings. The predicted octanol–water partition coefficient (Wildman–Crippen LogP) is -0.405. The van der Waals surface area contributed by atoms with E-state index in [1.54, 1.807) is 0 Å². The van der Waals surface area contributed by atoms with E-state index in [2.05, 4.69) is 4.90 Å². The van der Waals surface area contributed by atoms with Gasteiger partial charge in [0.2, 0.25) is 0 Å². The second kappa shape index (κ2) is 5.65. The van der Waals surface area contributed by atoms with Crippen LogP contribution in [0.4, 0.5) is 0 Å². The van der Waals surface area contributed by atoms with Gasteiger partial charge in [-0.25, -0.2) is 8.42 Å². The van der Waals surface area contributed by atoms with E-state index in [9.17, 15) is 8.42 Å². The molecule has 6 heteroatoms. The fourth-order valence-corrected chi connectivity index (χ4v) is 3.92. The maximum Gasteiger partial charge on any atom is 0.151 e. The van der Waals surface area contributed by atoms with E-state index in [1.165, 1.54) is 0 Å². The van der Waals surface area contributed by atoms with E-state index in [0.29, 0.717) is 5.75 Å². The third-order valence-electron chi connectivity index (χ3n) is 3.45. The smallest absolute Gasteiger partial charge is 0.151 e. The van der Waals surface area contributed by atoms with Crippen LogP contribution in [-0.2, 0) is 9.84 Å². The Morgan fingerprint density at radius 2 is 2.18 bits per heavy atom. The molecule has 5 nitrogen and oxygen atoms in total. The molecule has 0 radical (unpaired) electrons. The van der Waals surface area contributed by atoms with Crippen LogP contribution in [0.3, 0.4) is 0 Å². The van der Waals surface area contributed by atoms with Crippen LogP contribution in [0.2, 0.25) is 0 Å². The Labute approximate surface area is 104 Å². The number of nitrogens with zero attached hydrogens (tertiary/aromatic N) is 1. The molecule has 0 aromatic carbocycles. The number of rotatable bonds is 6. The summed E-state index contributed by atoms with van der Waals surface area (Å²) in [6.45, 7) is 2.63. The first-order valence-corrected chi connectivity index (χ1v) is 7.88. The molecule has 102 valence electrons. The van der Waals surface area contributed by atoms with E-state index < -0.39 is 15.4 Å². The van der Waals surface area contributed by atoms with Crippen molar-refractivity contribution in [1.82, 2.24) is 4.90 Å². The van der Waals surface area contributed by atoms with Crippen LogP contribution in [0.1, 0.15) is 26.2 Å². The molecule has 0 bridgehead atoms. The van der Waals surface area contributed by atoms with E-state index in [4.69, 9.17) is 10.8 Å². The lowest BCUT2D eigenvalue weighted by molar-refractivity contribution is 0.186. The highest BCUT2D eigenvalue weighted by Crippen LogP contribution is 2.17. The largest absolute Gasteiger partial charge is 0.394 e. The summed E-state index contributed by atoms with van der Waals surface area (Å²) in [6, 6.07) is 0.151. The summed E-state index contributed by atoms with van der Waals surface area (Å²) in [6.07, 6.45) is 2.35. The van der Waals surface area contributed by atoms with Crippen molar-refractivity contribution in [2.45, 2.75) is 37.8 Å². The first-order valence-electron chi connectivity index (χ1n) is 6.06. The SMILES string of the molecule is CN(CCCC(C)(N)CO)C1CCS(=O)(=O)C1. The zero-order chi connectivity index (χ0) is 13.1. The molecule has 3 N–H and O–H groups in total. The van der Waals surface area contributed by atoms with Gasteiger partial charge in [0, 0.05) is 11.6 Å². The van der Waals surface area contributed by atoms with Crippen molar-refractivity contribution < 1.29 is 13.5 Å². The molecule has 0 spiro atoms. The van der Waals surface area contributed by atoms with Gasteiger partial charge in [0.15, 0.2) is 9.84 Å². The summed E-state index contributed by atoms with van der Waals surface area (Å²) in [5.74, 6) is 0.594. The minimum atomic E-state index is -2.80. The van der Waals surface area contributed by atoms with E-state index >= 15 is 0 Å². The predicted molar refractivity (Wildman–Crippen MR) is 68.6 cm³/mol. The van der Waals surface area contributed by atoms with Crippen molar-refractivity contribution in [1.29, 1.82) is 0 Å². The summed E-state index contributed by atoms with van der Waals surface area (Å²) in [4.78, 5) is 2.10. The average Bonchev–Trinajstić information content (AvgIpc) is 2.58. The minimum absolute atomic E-state index is 0.0193. The van der Waals surface area contributed by atoms with Crippen LogP contribution in [0.15, 0.2) is 0 Å². The molecule has 0 aromatic heterocycles. The summed E-state index contributed by atoms with van der Waals surface area (Å²) < 4.78 is 22.7. The fraction of sp³-hybridized carbons (Fsp3) is 1.00. The van der Waals surface area contributed by atoms with E-state index in [1.807, 2.05) is 14.0 Å². The highest BCUT2D eigenvalue weighted by molar-refractivity contribution is 7.91. The van der Waals surface area contributed by atoms with Crippen LogP contribution >= 0.6 is 0 Å². The van der Waals surface area contributed by atoms with Crippen molar-refractivity contribution in [3.63, 3.8) is 0 Å². The molecule has 17 heavy (non-hydrogen) atoms. The average molecular weight is 264 g/mol. The van der Waals surface area contributed by atoms with Gasteiger partial charge in [-0.15, -0.1) is 0 Å². The number of hydrogen-bond donors (Lipinski definition) is 2. The summed E-state index contributed by atoms with van der Waals surface area (Å²) >= 11 is 0. The lowest BCUT2D eigenvalue weighted by atomic mass is 9.98. The van der Waals surface area contributed by atoms with Crippen LogP contribution in [0, 0.1) is 0 Å². The first kappa shape index (κ1) is 14.9. The monoisotopic (exact) mass is 264 g/mol. The van der Waals surface area contributed by atoms with Crippen molar-refractivity contribution in [2.24, 2.45) is 5.73 Å². The molecule has 2 unspecified atom stereocenters. The summed E-state index contributed by atoms with van der Waals surface area (Å²) in [5.41, 5.74) is 5.31. The Hall–Kier alpha value is -0.170. The molecule has 1 fully saturated rings. The second-order valence-electron chi connectivity index (χ2n) is 5.45. The molecule has 0 saturated carbocycles. The van der Waals surface area contributed by atoms with Gasteiger partial charge in [0.1, 0.15) is 0 Å². The van der Waals surface area contributed by atoms with Gasteiger partial charge in [-0.2, -0.15) is 0 Å². The fourth-order valence-electron chi connectivity index (χ4n) is 2.12. The van der Waals surface area contributed by atoms with E-state index in [-0.39, 0.29) is 18.4 Å². The standard InChI is InChI=1S/C11H24N2O3S/c1-11(12,9-14)5-3-6-13(2)10-4-7-17(15,16)8-10/h10,14H,3-9,12H2,1-2H3. The number of nitrogens with two attached hydrogens (primary N) is 1. The highest BCUT2D eigenvalue weighted by Gasteiger charge is 2.30. The Morgan fingerprint density at radius 1 is 1.53 bits per heavy atom. The lowest BCUT2D eigenvalue weighted by Crippen LogP contribution is -2.41. The van der Waals surface area contributed by atoms with Crippen LogP contribution in [0.5, 0.6) is 0 Å². The zero-order valence-corrected chi connectivity index (χ0v) is 11.5. The lowest BCUT2D eigenvalue weighted by Gasteiger charge is -2.26. The Kier molecular flexibility index (Phi) is 4.95. The highest BCUT2D eigenvalue weighted by atomic mass is 32.2. The third kappa shape index (κ3) is 4.91. The molecule has 1 rings (SSSR count). The molecule has 0 aliphatic carbocycles. The van der Waals surface area contributed by atoms with Gasteiger partial charge in [0.05, 0.1) is 18.1 Å². The van der Waals surface area contributed by atoms with E-state index in [0.717, 1.165) is 25.8 Å². The minimum Gasteiger partial charge on any atom is -0.394 e. The van der Waals surface area contributed by atoms with Crippen molar-refractivity contribution in [3.8, 4) is 0 Å². The molecule has 1 saturated heterocycles. The van der Waals surface area contributed by atoms with Crippen molar-refractivity contribution >= 4 is 9.84 Å². The second-order valence-corrected chi connectivity index (χ2v) is 7.68. The van der Waals surface area contributed by atoms with Gasteiger partial charge < -0.3 is 15.7 Å². The number of aliphatic hydroxyl groups excluding tert-OH is 1. The molecular formula is C11H24N2O3S. The summed E-state index contributed by atoms with van der Waals surface area (Å²) in [5, 5.41) is 9.02. The van der Waals surface area contributed by atoms with Crippen molar-refractivity contribution in [2.75, 3.05) is 31.7 Å². The summed E-state index contributed by atoms with van der Waals surface area (Å²) in [7, 11) is -0.848. The Bertz CT molecular complexity index is 341. The Balaban J connectivity index is 2.29. The van der Waals surface area contributed by atoms with Crippen molar-refractivity contribution in [3.05, 3.63) is 0 Å². The van der Waals surface area contributed by atoms with Crippen LogP contribution in [-0.4, -0.2) is 61.7 Å². The maximum absolute atomic E-state index is 11.3. The maximum atomic E-state index is 11.3. The number of sulfone groups is 1. The molecular weight excluding hydrogens is 240 g/mol. The van der Waals surface area contributed by atoms with Gasteiger partial charge >= 0.3 is 0 Å². The topological polar surface area (TPSA) is 83.6 Å². The molecule has 0 amide bonds.